The van der Waals surface area contributed by atoms with Crippen molar-refractivity contribution in [2.75, 3.05) is 12.0 Å². The van der Waals surface area contributed by atoms with Crippen LogP contribution in [0.25, 0.3) is 11.3 Å². The Bertz CT molecular complexity index is 1340. The van der Waals surface area contributed by atoms with Gasteiger partial charge in [0.2, 0.25) is 0 Å². The molecule has 8 heteroatoms. The number of aromatic carboxylic acids is 1. The van der Waals surface area contributed by atoms with Crippen molar-refractivity contribution >= 4 is 29.0 Å². The van der Waals surface area contributed by atoms with Gasteiger partial charge >= 0.3 is 5.97 Å². The molecule has 1 aliphatic rings. The van der Waals surface area contributed by atoms with Gasteiger partial charge in [0.05, 0.1) is 24.4 Å². The zero-order chi connectivity index (χ0) is 23.7. The molecule has 0 amide bonds. The molecule has 0 bridgehead atoms. The lowest BCUT2D eigenvalue weighted by Crippen LogP contribution is -2.29. The van der Waals surface area contributed by atoms with Gasteiger partial charge in [0.15, 0.2) is 5.11 Å². The van der Waals surface area contributed by atoms with Crippen molar-refractivity contribution in [3.05, 3.63) is 102 Å². The van der Waals surface area contributed by atoms with Crippen LogP contribution in [-0.2, 0) is 0 Å². The molecule has 2 aromatic carbocycles. The van der Waals surface area contributed by atoms with Gasteiger partial charge in [-0.25, -0.2) is 4.79 Å². The van der Waals surface area contributed by atoms with E-state index in [1.54, 1.807) is 37.6 Å². The van der Waals surface area contributed by atoms with Crippen molar-refractivity contribution in [1.82, 2.24) is 10.3 Å². The van der Waals surface area contributed by atoms with Gasteiger partial charge in [0, 0.05) is 23.5 Å². The minimum atomic E-state index is -0.968. The van der Waals surface area contributed by atoms with Crippen LogP contribution in [0, 0.1) is 0 Å². The minimum Gasteiger partial charge on any atom is -0.497 e. The van der Waals surface area contributed by atoms with E-state index in [0.29, 0.717) is 16.6 Å². The zero-order valence-electron chi connectivity index (χ0n) is 18.2. The first-order valence-electron chi connectivity index (χ1n) is 10.6. The fourth-order valence-corrected chi connectivity index (χ4v) is 4.47. The summed E-state index contributed by atoms with van der Waals surface area (Å²) in [5.74, 6) is 1.08. The summed E-state index contributed by atoms with van der Waals surface area (Å²) in [4.78, 5) is 17.7. The highest BCUT2D eigenvalue weighted by atomic mass is 32.1. The third kappa shape index (κ3) is 3.99. The summed E-state index contributed by atoms with van der Waals surface area (Å²) in [7, 11) is 1.63. The number of ether oxygens (including phenoxy) is 1. The van der Waals surface area contributed by atoms with Gasteiger partial charge in [0.25, 0.3) is 0 Å². The molecule has 2 N–H and O–H groups in total. The normalized spacial score (nSPS) is 17.4. The summed E-state index contributed by atoms with van der Waals surface area (Å²) >= 11 is 5.74. The minimum absolute atomic E-state index is 0.222. The lowest BCUT2D eigenvalue weighted by Gasteiger charge is -2.26. The van der Waals surface area contributed by atoms with E-state index in [2.05, 4.69) is 10.3 Å². The lowest BCUT2D eigenvalue weighted by molar-refractivity contribution is 0.0697. The van der Waals surface area contributed by atoms with Crippen LogP contribution in [0.1, 0.15) is 33.9 Å². The van der Waals surface area contributed by atoms with Crippen LogP contribution >= 0.6 is 12.2 Å². The number of benzene rings is 2. The van der Waals surface area contributed by atoms with E-state index in [9.17, 15) is 4.79 Å². The fourth-order valence-electron chi connectivity index (χ4n) is 4.13. The van der Waals surface area contributed by atoms with E-state index in [0.717, 1.165) is 22.7 Å². The molecule has 1 aliphatic heterocycles. The second kappa shape index (κ2) is 8.99. The predicted molar refractivity (Wildman–Crippen MR) is 132 cm³/mol. The molecule has 0 saturated carbocycles. The largest absolute Gasteiger partial charge is 0.497 e. The topological polar surface area (TPSA) is 87.8 Å². The Balaban J connectivity index is 1.57. The first-order valence-corrected chi connectivity index (χ1v) is 11.0. The maximum atomic E-state index is 11.2. The van der Waals surface area contributed by atoms with Gasteiger partial charge in [-0.3, -0.25) is 4.98 Å². The Hall–Kier alpha value is -4.17. The highest BCUT2D eigenvalue weighted by Crippen LogP contribution is 2.43. The van der Waals surface area contributed by atoms with Crippen LogP contribution in [0.4, 0.5) is 5.69 Å². The Kier molecular flexibility index (Phi) is 5.73. The molecular weight excluding hydrogens is 450 g/mol. The monoisotopic (exact) mass is 471 g/mol. The zero-order valence-corrected chi connectivity index (χ0v) is 19.0. The van der Waals surface area contributed by atoms with Crippen molar-refractivity contribution in [3.8, 4) is 17.1 Å². The van der Waals surface area contributed by atoms with Crippen molar-refractivity contribution < 1.29 is 19.1 Å². The number of aromatic nitrogens is 1. The van der Waals surface area contributed by atoms with Crippen LogP contribution in [-0.4, -0.2) is 28.3 Å². The van der Waals surface area contributed by atoms with Crippen LogP contribution < -0.4 is 15.0 Å². The number of carboxylic acid groups (broad SMARTS) is 1. The third-order valence-corrected chi connectivity index (χ3v) is 6.08. The lowest BCUT2D eigenvalue weighted by atomic mass is 10.0. The van der Waals surface area contributed by atoms with Gasteiger partial charge in [-0.2, -0.15) is 0 Å². The van der Waals surface area contributed by atoms with Crippen molar-refractivity contribution in [2.45, 2.75) is 12.1 Å². The number of carbonyl (C=O) groups is 1. The van der Waals surface area contributed by atoms with E-state index in [4.69, 9.17) is 26.5 Å². The number of rotatable bonds is 6. The number of thiocarbonyl (C=S) groups is 1. The van der Waals surface area contributed by atoms with Crippen LogP contribution in [0.5, 0.6) is 5.75 Å². The molecule has 0 radical (unpaired) electrons. The summed E-state index contributed by atoms with van der Waals surface area (Å²) in [5, 5.41) is 13.1. The summed E-state index contributed by atoms with van der Waals surface area (Å²) in [6.45, 7) is 0. The Morgan fingerprint density at radius 1 is 1.09 bits per heavy atom. The average Bonchev–Trinajstić information content (AvgIpc) is 3.49. The molecule has 0 spiro atoms. The van der Waals surface area contributed by atoms with Gasteiger partial charge < -0.3 is 24.5 Å². The molecule has 1 fully saturated rings. The second-order valence-electron chi connectivity index (χ2n) is 7.78. The van der Waals surface area contributed by atoms with E-state index in [1.165, 1.54) is 0 Å². The highest BCUT2D eigenvalue weighted by molar-refractivity contribution is 7.80. The molecule has 170 valence electrons. The van der Waals surface area contributed by atoms with Gasteiger partial charge in [0.1, 0.15) is 23.3 Å². The summed E-state index contributed by atoms with van der Waals surface area (Å²) in [6.07, 6.45) is 1.75. The van der Waals surface area contributed by atoms with Gasteiger partial charge in [-0.15, -0.1) is 0 Å². The summed E-state index contributed by atoms with van der Waals surface area (Å²) < 4.78 is 11.7. The Morgan fingerprint density at radius 3 is 2.62 bits per heavy atom. The van der Waals surface area contributed by atoms with Gasteiger partial charge in [-0.1, -0.05) is 24.3 Å². The Morgan fingerprint density at radius 2 is 1.91 bits per heavy atom. The molecule has 4 aromatic rings. The highest BCUT2D eigenvalue weighted by Gasteiger charge is 2.42. The molecular formula is C26H21N3O4S. The van der Waals surface area contributed by atoms with E-state index in [1.807, 2.05) is 59.5 Å². The van der Waals surface area contributed by atoms with Crippen molar-refractivity contribution in [2.24, 2.45) is 0 Å². The number of pyridine rings is 1. The maximum Gasteiger partial charge on any atom is 0.335 e. The quantitative estimate of drug-likeness (QED) is 0.370. The number of nitrogens with one attached hydrogen (secondary N) is 1. The number of anilines is 1. The predicted octanol–water partition coefficient (Wildman–Crippen LogP) is 5.23. The van der Waals surface area contributed by atoms with Crippen LogP contribution in [0.3, 0.4) is 0 Å². The van der Waals surface area contributed by atoms with Crippen LogP contribution in [0.15, 0.2) is 89.5 Å². The number of furan rings is 1. The number of hydrogen-bond donors (Lipinski definition) is 2. The van der Waals surface area contributed by atoms with Crippen molar-refractivity contribution in [1.29, 1.82) is 0 Å². The van der Waals surface area contributed by atoms with Gasteiger partial charge in [-0.05, 0) is 60.7 Å². The molecule has 2 atom stereocenters. The first-order chi connectivity index (χ1) is 16.5. The molecule has 0 aliphatic carbocycles. The summed E-state index contributed by atoms with van der Waals surface area (Å²) in [5.41, 5.74) is 2.71. The smallest absolute Gasteiger partial charge is 0.335 e. The number of methoxy groups -OCH3 is 1. The molecule has 5 rings (SSSR count). The Labute approximate surface area is 201 Å². The third-order valence-electron chi connectivity index (χ3n) is 5.76. The molecule has 1 saturated heterocycles. The van der Waals surface area contributed by atoms with E-state index in [-0.39, 0.29) is 17.6 Å². The fraction of sp³-hybridized carbons (Fsp3) is 0.115. The summed E-state index contributed by atoms with van der Waals surface area (Å²) in [6, 6.07) is 23.3. The molecule has 0 unspecified atom stereocenters. The molecule has 34 heavy (non-hydrogen) atoms. The number of hydrogen-bond acceptors (Lipinski definition) is 5. The number of carboxylic acids is 1. The molecule has 2 aromatic heterocycles. The SMILES string of the molecule is COc1cccc(N2C(=S)N[C@H](c3ccccn3)[C@H]2c2ccc(-c3ccc(C(=O)O)cc3)o2)c1. The molecule has 3 heterocycles. The number of nitrogens with zero attached hydrogens (tertiary/aromatic N) is 2. The van der Waals surface area contributed by atoms with E-state index >= 15 is 0 Å². The molecule has 7 nitrogen and oxygen atoms in total. The van der Waals surface area contributed by atoms with E-state index < -0.39 is 5.97 Å². The standard InChI is InChI=1S/C26H21N3O4S/c1-32-19-6-4-5-18(15-19)29-24(23(28-26(29)34)20-7-2-3-14-27-20)22-13-12-21(33-22)16-8-10-17(11-9-16)25(30)31/h2-15,23-24H,1H3,(H,28,34)(H,30,31)/t23-,24-/m1/s1. The average molecular weight is 472 g/mol. The maximum absolute atomic E-state index is 11.2. The van der Waals surface area contributed by atoms with Crippen molar-refractivity contribution in [3.63, 3.8) is 0 Å². The first kappa shape index (κ1) is 21.7. The second-order valence-corrected chi connectivity index (χ2v) is 8.17. The van der Waals surface area contributed by atoms with Crippen LogP contribution in [0.2, 0.25) is 0 Å².